The number of carbonyl (C=O) groups is 2. The lowest BCUT2D eigenvalue weighted by Crippen LogP contribution is -2.53. The number of amides is 2. The van der Waals surface area contributed by atoms with Crippen LogP contribution in [0.1, 0.15) is 18.1 Å². The van der Waals surface area contributed by atoms with Crippen LogP contribution in [0.3, 0.4) is 0 Å². The van der Waals surface area contributed by atoms with E-state index in [4.69, 9.17) is 21.1 Å². The summed E-state index contributed by atoms with van der Waals surface area (Å²) in [5.74, 6) is -0.0271. The first-order valence-corrected chi connectivity index (χ1v) is 15.1. The summed E-state index contributed by atoms with van der Waals surface area (Å²) in [5.41, 5.74) is 1.73. The molecule has 4 rings (SSSR count). The van der Waals surface area contributed by atoms with E-state index in [1.165, 1.54) is 11.0 Å². The van der Waals surface area contributed by atoms with E-state index in [1.54, 1.807) is 43.3 Å². The summed E-state index contributed by atoms with van der Waals surface area (Å²) in [6.07, 6.45) is 1.26. The molecule has 1 heterocycles. The largest absolute Gasteiger partial charge is 0.486 e. The fourth-order valence-corrected chi connectivity index (χ4v) is 5.49. The predicted octanol–water partition coefficient (Wildman–Crippen LogP) is 3.65. The highest BCUT2D eigenvalue weighted by Gasteiger charge is 2.33. The van der Waals surface area contributed by atoms with Gasteiger partial charge in [0.25, 0.3) is 0 Å². The minimum absolute atomic E-state index is 0.00584. The van der Waals surface area contributed by atoms with Crippen molar-refractivity contribution < 1.29 is 27.5 Å². The number of hydrogen-bond acceptors (Lipinski definition) is 6. The Labute approximate surface area is 239 Å². The third-order valence-electron chi connectivity index (χ3n) is 6.41. The Balaban J connectivity index is 1.72. The number of anilines is 1. The lowest BCUT2D eigenvalue weighted by Gasteiger charge is -2.33. The summed E-state index contributed by atoms with van der Waals surface area (Å²) < 4.78 is 38.1. The second-order valence-corrected chi connectivity index (χ2v) is 11.6. The van der Waals surface area contributed by atoms with Crippen molar-refractivity contribution in [3.63, 3.8) is 0 Å². The van der Waals surface area contributed by atoms with Crippen LogP contribution in [0.5, 0.6) is 11.5 Å². The van der Waals surface area contributed by atoms with Crippen LogP contribution in [0, 0.1) is 0 Å². The van der Waals surface area contributed by atoms with Crippen molar-refractivity contribution in [1.82, 2.24) is 10.2 Å². The van der Waals surface area contributed by atoms with Gasteiger partial charge in [0, 0.05) is 30.6 Å². The van der Waals surface area contributed by atoms with Crippen molar-refractivity contribution in [1.29, 1.82) is 0 Å². The number of sulfonamides is 1. The summed E-state index contributed by atoms with van der Waals surface area (Å²) in [5, 5.41) is 3.25. The zero-order valence-corrected chi connectivity index (χ0v) is 24.0. The maximum absolute atomic E-state index is 14.1. The van der Waals surface area contributed by atoms with Crippen molar-refractivity contribution in [2.24, 2.45) is 0 Å². The average Bonchev–Trinajstić information content (AvgIpc) is 2.94. The molecule has 2 amide bonds. The van der Waals surface area contributed by atoms with Gasteiger partial charge >= 0.3 is 0 Å². The number of nitrogens with zero attached hydrogens (tertiary/aromatic N) is 2. The number of fused-ring (bicyclic) bond motifs is 1. The molecule has 0 unspecified atom stereocenters. The van der Waals surface area contributed by atoms with Gasteiger partial charge in [-0.25, -0.2) is 8.42 Å². The first-order valence-electron chi connectivity index (χ1n) is 12.9. The minimum atomic E-state index is -3.91. The summed E-state index contributed by atoms with van der Waals surface area (Å²) in [6, 6.07) is 20.2. The van der Waals surface area contributed by atoms with Crippen LogP contribution >= 0.6 is 11.6 Å². The van der Waals surface area contributed by atoms with Gasteiger partial charge in [0.05, 0.1) is 11.9 Å². The number of rotatable bonds is 11. The Hall–Kier alpha value is -3.76. The monoisotopic (exact) mass is 585 g/mol. The Morgan fingerprint density at radius 2 is 1.65 bits per heavy atom. The van der Waals surface area contributed by atoms with Crippen molar-refractivity contribution in [3.05, 3.63) is 88.9 Å². The van der Waals surface area contributed by atoms with Crippen LogP contribution in [0.4, 0.5) is 5.69 Å². The predicted molar refractivity (Wildman–Crippen MR) is 154 cm³/mol. The molecule has 0 bridgehead atoms. The maximum Gasteiger partial charge on any atom is 0.244 e. The molecule has 3 aromatic carbocycles. The van der Waals surface area contributed by atoms with Crippen molar-refractivity contribution in [2.75, 3.05) is 36.9 Å². The normalized spacial score (nSPS) is 13.3. The van der Waals surface area contributed by atoms with Crippen molar-refractivity contribution >= 4 is 39.1 Å². The zero-order chi connectivity index (χ0) is 28.7. The smallest absolute Gasteiger partial charge is 0.244 e. The summed E-state index contributed by atoms with van der Waals surface area (Å²) >= 11 is 6.45. The van der Waals surface area contributed by atoms with Gasteiger partial charge in [-0.3, -0.25) is 13.9 Å². The number of nitrogens with one attached hydrogen (secondary N) is 1. The van der Waals surface area contributed by atoms with Gasteiger partial charge in [-0.1, -0.05) is 60.1 Å². The summed E-state index contributed by atoms with van der Waals surface area (Å²) in [4.78, 5) is 28.8. The number of hydrogen-bond donors (Lipinski definition) is 1. The molecule has 9 nitrogen and oxygen atoms in total. The fraction of sp³-hybridized carbons (Fsp3) is 0.310. The first-order chi connectivity index (χ1) is 19.2. The first kappa shape index (κ1) is 29.2. The molecule has 0 aromatic heterocycles. The minimum Gasteiger partial charge on any atom is -0.486 e. The number of carbonyl (C=O) groups excluding carboxylic acids is 2. The molecule has 1 N–H and O–H groups in total. The standard InChI is InChI=1S/C29H32ClN3O6S/c1-3-31-29(35)25(17-21-9-5-4-6-10-21)32(19-22-11-7-8-12-24(22)30)28(34)20-33(40(2,36)37)23-13-14-26-27(18-23)39-16-15-38-26/h4-14,18,25H,3,15-17,19-20H2,1-2H3,(H,31,35)/t25-/m1/s1. The summed E-state index contributed by atoms with van der Waals surface area (Å²) in [6.45, 7) is 2.35. The Kier molecular flexibility index (Phi) is 9.54. The van der Waals surface area contributed by atoms with Crippen LogP contribution in [0.2, 0.25) is 5.02 Å². The third kappa shape index (κ3) is 7.25. The molecule has 1 atom stereocenters. The molecular weight excluding hydrogens is 554 g/mol. The van der Waals surface area contributed by atoms with E-state index in [9.17, 15) is 18.0 Å². The molecule has 0 aliphatic carbocycles. The van der Waals surface area contributed by atoms with Gasteiger partial charge < -0.3 is 19.7 Å². The lowest BCUT2D eigenvalue weighted by atomic mass is 10.0. The number of benzene rings is 3. The van der Waals surface area contributed by atoms with Gasteiger partial charge in [-0.05, 0) is 36.2 Å². The van der Waals surface area contributed by atoms with E-state index >= 15 is 0 Å². The van der Waals surface area contributed by atoms with Crippen molar-refractivity contribution in [2.45, 2.75) is 25.9 Å². The average molecular weight is 586 g/mol. The second-order valence-electron chi connectivity index (χ2n) is 9.31. The van der Waals surface area contributed by atoms with Crippen LogP contribution in [0.15, 0.2) is 72.8 Å². The maximum atomic E-state index is 14.1. The van der Waals surface area contributed by atoms with Gasteiger partial charge in [-0.15, -0.1) is 0 Å². The Morgan fingerprint density at radius 1 is 0.975 bits per heavy atom. The van der Waals surface area contributed by atoms with Crippen LogP contribution in [0.25, 0.3) is 0 Å². The molecule has 1 aliphatic rings. The Bertz CT molecular complexity index is 1450. The van der Waals surface area contributed by atoms with E-state index in [-0.39, 0.29) is 24.6 Å². The van der Waals surface area contributed by atoms with Crippen LogP contribution < -0.4 is 19.1 Å². The van der Waals surface area contributed by atoms with E-state index in [0.29, 0.717) is 41.8 Å². The highest BCUT2D eigenvalue weighted by atomic mass is 35.5. The third-order valence-corrected chi connectivity index (χ3v) is 7.92. The molecule has 0 saturated carbocycles. The SMILES string of the molecule is CCNC(=O)[C@@H](Cc1ccccc1)N(Cc1ccccc1Cl)C(=O)CN(c1ccc2c(c1)OCCO2)S(C)(=O)=O. The molecule has 212 valence electrons. The number of likely N-dealkylation sites (N-methyl/N-ethyl adjacent to an activating group) is 1. The molecule has 0 spiro atoms. The van der Waals surface area contributed by atoms with Gasteiger partial charge in [0.2, 0.25) is 21.8 Å². The van der Waals surface area contributed by atoms with Crippen molar-refractivity contribution in [3.8, 4) is 11.5 Å². The second kappa shape index (κ2) is 13.1. The molecule has 0 radical (unpaired) electrons. The lowest BCUT2D eigenvalue weighted by molar-refractivity contribution is -0.140. The molecule has 0 saturated heterocycles. The van der Waals surface area contributed by atoms with Gasteiger partial charge in [-0.2, -0.15) is 0 Å². The molecule has 1 aliphatic heterocycles. The van der Waals surface area contributed by atoms with Crippen LogP contribution in [-0.2, 0) is 32.6 Å². The van der Waals surface area contributed by atoms with E-state index in [0.717, 1.165) is 16.1 Å². The van der Waals surface area contributed by atoms with E-state index in [2.05, 4.69) is 5.32 Å². The number of halogens is 1. The molecule has 11 heteroatoms. The highest BCUT2D eigenvalue weighted by molar-refractivity contribution is 7.92. The van der Waals surface area contributed by atoms with E-state index in [1.807, 2.05) is 30.3 Å². The highest BCUT2D eigenvalue weighted by Crippen LogP contribution is 2.35. The zero-order valence-electron chi connectivity index (χ0n) is 22.4. The molecule has 40 heavy (non-hydrogen) atoms. The fourth-order valence-electron chi connectivity index (χ4n) is 4.46. The van der Waals surface area contributed by atoms with Crippen LogP contribution in [-0.4, -0.2) is 63.7 Å². The molecular formula is C29H32ClN3O6S. The summed E-state index contributed by atoms with van der Waals surface area (Å²) in [7, 11) is -3.91. The van der Waals surface area contributed by atoms with Gasteiger partial charge in [0.1, 0.15) is 25.8 Å². The quantitative estimate of drug-likeness (QED) is 0.368. The number of ether oxygens (including phenoxy) is 2. The molecule has 0 fully saturated rings. The Morgan fingerprint density at radius 3 is 2.33 bits per heavy atom. The van der Waals surface area contributed by atoms with E-state index < -0.39 is 28.5 Å². The topological polar surface area (TPSA) is 105 Å². The molecule has 3 aromatic rings. The van der Waals surface area contributed by atoms with Gasteiger partial charge in [0.15, 0.2) is 11.5 Å².